The number of hydrogen-bond donors (Lipinski definition) is 0. The van der Waals surface area contributed by atoms with E-state index in [1.807, 2.05) is 0 Å². The van der Waals surface area contributed by atoms with Crippen molar-refractivity contribution in [1.82, 2.24) is 0 Å². The molecule has 0 aliphatic carbocycles. The molecule has 0 heterocycles. The van der Waals surface area contributed by atoms with Crippen LogP contribution in [0.1, 0.15) is 27.7 Å². The predicted octanol–water partition coefficient (Wildman–Crippen LogP) is 0.0644. The molecule has 0 N–H and O–H groups in total. The molecule has 0 aromatic heterocycles. The lowest BCUT2D eigenvalue weighted by Gasteiger charge is -2.43. The molecule has 2 nitrogen and oxygen atoms in total. The molecule has 94 valence electrons. The fourth-order valence-corrected chi connectivity index (χ4v) is 3.31. The van der Waals surface area contributed by atoms with Crippen LogP contribution in [0.25, 0.3) is 0 Å². The Hall–Kier alpha value is 0.867. The third-order valence-electron chi connectivity index (χ3n) is 3.18. The van der Waals surface area contributed by atoms with Gasteiger partial charge in [0.25, 0.3) is 0 Å². The normalized spacial score (nSPS) is 14.6. The minimum Gasteiger partial charge on any atom is -1.00 e. The molecule has 0 radical (unpaired) electrons. The zero-order valence-corrected chi connectivity index (χ0v) is 14.6. The summed E-state index contributed by atoms with van der Waals surface area (Å²) in [5.41, 5.74) is 0. The summed E-state index contributed by atoms with van der Waals surface area (Å²) < 4.78 is 7.27. The summed E-state index contributed by atoms with van der Waals surface area (Å²) in [5, 5.41) is 0. The topological polar surface area (TPSA) is 9.23 Å². The number of quaternary nitrogens is 1. The van der Waals surface area contributed by atoms with Crippen molar-refractivity contribution in [2.75, 3.05) is 19.6 Å². The van der Waals surface area contributed by atoms with E-state index in [0.29, 0.717) is 6.23 Å². The van der Waals surface area contributed by atoms with Crippen molar-refractivity contribution in [1.29, 1.82) is 0 Å². The van der Waals surface area contributed by atoms with Crippen molar-refractivity contribution in [3.8, 4) is 0 Å². The summed E-state index contributed by atoms with van der Waals surface area (Å²) in [7, 11) is -1.39. The third kappa shape index (κ3) is 5.65. The molecule has 0 aromatic rings. The van der Waals surface area contributed by atoms with Crippen molar-refractivity contribution < 1.29 is 32.9 Å². The second-order valence-electron chi connectivity index (χ2n) is 5.00. The number of hydrogen-bond acceptors (Lipinski definition) is 1. The molecule has 0 aliphatic rings. The van der Waals surface area contributed by atoms with E-state index in [4.69, 9.17) is 4.43 Å². The second kappa shape index (κ2) is 7.24. The molecule has 0 aliphatic heterocycles. The van der Waals surface area contributed by atoms with Crippen LogP contribution in [0.5, 0.6) is 0 Å². The van der Waals surface area contributed by atoms with Crippen molar-refractivity contribution in [2.24, 2.45) is 0 Å². The highest BCUT2D eigenvalue weighted by Crippen LogP contribution is 2.18. The summed E-state index contributed by atoms with van der Waals surface area (Å²) in [5.74, 6) is 0. The van der Waals surface area contributed by atoms with E-state index < -0.39 is 8.32 Å². The van der Waals surface area contributed by atoms with Crippen LogP contribution in [-0.4, -0.2) is 38.7 Å². The fraction of sp³-hybridized carbons (Fsp3) is 1.00. The van der Waals surface area contributed by atoms with E-state index in [1.165, 1.54) is 19.6 Å². The first-order chi connectivity index (χ1) is 6.31. The summed E-state index contributed by atoms with van der Waals surface area (Å²) >= 11 is 0. The van der Waals surface area contributed by atoms with Gasteiger partial charge >= 0.3 is 0 Å². The molecular formula is C11H28INOSi. The molecule has 4 heteroatoms. The van der Waals surface area contributed by atoms with E-state index >= 15 is 0 Å². The van der Waals surface area contributed by atoms with E-state index in [9.17, 15) is 0 Å². The molecular weight excluding hydrogens is 317 g/mol. The van der Waals surface area contributed by atoms with Gasteiger partial charge in [0.2, 0.25) is 0 Å². The molecule has 0 spiro atoms. The first-order valence-electron chi connectivity index (χ1n) is 5.85. The van der Waals surface area contributed by atoms with Gasteiger partial charge in [-0.2, -0.15) is 0 Å². The van der Waals surface area contributed by atoms with Crippen LogP contribution < -0.4 is 24.0 Å². The molecule has 0 amide bonds. The molecule has 15 heavy (non-hydrogen) atoms. The van der Waals surface area contributed by atoms with E-state index in [2.05, 4.69) is 47.3 Å². The predicted molar refractivity (Wildman–Crippen MR) is 65.8 cm³/mol. The third-order valence-corrected chi connectivity index (χ3v) is 4.23. The van der Waals surface area contributed by atoms with Gasteiger partial charge in [0.1, 0.15) is 0 Å². The minimum atomic E-state index is -1.39. The summed E-state index contributed by atoms with van der Waals surface area (Å²) in [6.07, 6.45) is 0.349. The fourth-order valence-electron chi connectivity index (χ4n) is 2.07. The highest BCUT2D eigenvalue weighted by molar-refractivity contribution is 6.69. The molecule has 1 unspecified atom stereocenters. The van der Waals surface area contributed by atoms with Gasteiger partial charge in [-0.25, -0.2) is 0 Å². The van der Waals surface area contributed by atoms with Crippen LogP contribution in [0, 0.1) is 0 Å². The Bertz CT molecular complexity index is 158. The highest BCUT2D eigenvalue weighted by atomic mass is 127. The maximum Gasteiger partial charge on any atom is 0.191 e. The highest BCUT2D eigenvalue weighted by Gasteiger charge is 2.32. The van der Waals surface area contributed by atoms with Crippen LogP contribution in [0.2, 0.25) is 19.6 Å². The molecule has 0 fully saturated rings. The Kier molecular flexibility index (Phi) is 8.81. The summed E-state index contributed by atoms with van der Waals surface area (Å²) in [6, 6.07) is 0. The standard InChI is InChI=1S/C11H28NOSi.HI/c1-8-12(9-2,10-3)11(4)13-14(5,6)7;/h11H,8-10H2,1-7H3;1H/q+1;/p-1. The lowest BCUT2D eigenvalue weighted by Crippen LogP contribution is -3.00. The smallest absolute Gasteiger partial charge is 0.191 e. The SMILES string of the molecule is CC[N+](CC)(CC)C(C)O[Si](C)(C)C.[I-]. The minimum absolute atomic E-state index is 0. The van der Waals surface area contributed by atoms with Crippen LogP contribution in [0.4, 0.5) is 0 Å². The van der Waals surface area contributed by atoms with Gasteiger partial charge < -0.3 is 32.9 Å². The second-order valence-corrected chi connectivity index (χ2v) is 9.46. The van der Waals surface area contributed by atoms with Crippen molar-refractivity contribution in [3.63, 3.8) is 0 Å². The summed E-state index contributed by atoms with van der Waals surface area (Å²) in [4.78, 5) is 0. The molecule has 0 saturated heterocycles. The quantitative estimate of drug-likeness (QED) is 0.286. The van der Waals surface area contributed by atoms with Gasteiger partial charge in [0.05, 0.1) is 19.6 Å². The average molecular weight is 345 g/mol. The molecule has 0 saturated carbocycles. The van der Waals surface area contributed by atoms with Gasteiger partial charge in [-0.05, 0) is 40.4 Å². The van der Waals surface area contributed by atoms with E-state index in [0.717, 1.165) is 4.48 Å². The van der Waals surface area contributed by atoms with Crippen LogP contribution in [-0.2, 0) is 4.43 Å². The van der Waals surface area contributed by atoms with Crippen molar-refractivity contribution in [2.45, 2.75) is 53.6 Å². The van der Waals surface area contributed by atoms with Gasteiger partial charge in [0, 0.05) is 6.92 Å². The van der Waals surface area contributed by atoms with Crippen molar-refractivity contribution >= 4 is 8.32 Å². The van der Waals surface area contributed by atoms with Gasteiger partial charge in [0.15, 0.2) is 14.5 Å². The zero-order chi connectivity index (χ0) is 11.4. The molecule has 0 bridgehead atoms. The Balaban J connectivity index is 0. The van der Waals surface area contributed by atoms with E-state index in [-0.39, 0.29) is 24.0 Å². The Labute approximate surface area is 114 Å². The van der Waals surface area contributed by atoms with Crippen molar-refractivity contribution in [3.05, 3.63) is 0 Å². The Morgan fingerprint density at radius 3 is 1.53 bits per heavy atom. The first-order valence-corrected chi connectivity index (χ1v) is 9.25. The monoisotopic (exact) mass is 345 g/mol. The Morgan fingerprint density at radius 2 is 1.33 bits per heavy atom. The van der Waals surface area contributed by atoms with Gasteiger partial charge in [-0.3, -0.25) is 0 Å². The Morgan fingerprint density at radius 1 is 1.00 bits per heavy atom. The lowest BCUT2D eigenvalue weighted by atomic mass is 10.3. The number of rotatable bonds is 6. The maximum atomic E-state index is 6.19. The van der Waals surface area contributed by atoms with Crippen LogP contribution >= 0.6 is 0 Å². The molecule has 0 aromatic carbocycles. The van der Waals surface area contributed by atoms with E-state index in [1.54, 1.807) is 0 Å². The lowest BCUT2D eigenvalue weighted by molar-refractivity contribution is -0.962. The van der Waals surface area contributed by atoms with Crippen LogP contribution in [0.15, 0.2) is 0 Å². The zero-order valence-electron chi connectivity index (χ0n) is 11.4. The summed E-state index contributed by atoms with van der Waals surface area (Å²) in [6.45, 7) is 19.3. The number of nitrogens with zero attached hydrogens (tertiary/aromatic N) is 1. The first kappa shape index (κ1) is 18.2. The average Bonchev–Trinajstić information content (AvgIpc) is 2.05. The maximum absolute atomic E-state index is 6.19. The van der Waals surface area contributed by atoms with Gasteiger partial charge in [-0.1, -0.05) is 0 Å². The molecule has 0 rings (SSSR count). The molecule has 1 atom stereocenters. The number of halogens is 1. The van der Waals surface area contributed by atoms with Gasteiger partial charge in [-0.15, -0.1) is 0 Å². The largest absolute Gasteiger partial charge is 1.00 e. The van der Waals surface area contributed by atoms with Crippen LogP contribution in [0.3, 0.4) is 0 Å².